The van der Waals surface area contributed by atoms with E-state index in [0.717, 1.165) is 0 Å². The molecule has 0 aliphatic rings. The van der Waals surface area contributed by atoms with Crippen LogP contribution in [0, 0.1) is 0 Å². The van der Waals surface area contributed by atoms with E-state index in [4.69, 9.17) is 0 Å². The number of nitrogens with zero attached hydrogens (tertiary/aromatic N) is 1. The van der Waals surface area contributed by atoms with Gasteiger partial charge in [-0.2, -0.15) is 0 Å². The molecule has 0 fully saturated rings. The molecule has 0 aliphatic carbocycles. The first-order valence-corrected chi connectivity index (χ1v) is 11.7. The summed E-state index contributed by atoms with van der Waals surface area (Å²) in [4.78, 5) is 0. The van der Waals surface area contributed by atoms with Crippen LogP contribution in [0.3, 0.4) is 0 Å². The Bertz CT molecular complexity index is 585. The van der Waals surface area contributed by atoms with Gasteiger partial charge in [0.15, 0.2) is 8.96 Å². The fraction of sp³-hybridized carbons (Fsp3) is 0.111. The Balaban J connectivity index is 2.63. The van der Waals surface area contributed by atoms with Crippen LogP contribution in [0.4, 0.5) is 5.69 Å². The van der Waals surface area contributed by atoms with Gasteiger partial charge in [0.25, 0.3) is 0 Å². The van der Waals surface area contributed by atoms with E-state index in [1.54, 1.807) is 0 Å². The summed E-state index contributed by atoms with van der Waals surface area (Å²) in [6.07, 6.45) is 0. The maximum Gasteiger partial charge on any atom is 0.229 e. The highest BCUT2D eigenvalue weighted by Crippen LogP contribution is 2.24. The molecule has 0 aromatic heterocycles. The van der Waals surface area contributed by atoms with Crippen molar-refractivity contribution in [1.29, 1.82) is 0 Å². The summed E-state index contributed by atoms with van der Waals surface area (Å²) < 4.78 is 2.59. The van der Waals surface area contributed by atoms with Gasteiger partial charge in [0.2, 0.25) is 8.24 Å². The van der Waals surface area contributed by atoms with Crippen LogP contribution in [0.2, 0.25) is 13.1 Å². The average molecular weight is 309 g/mol. The zero-order valence-electron chi connectivity index (χ0n) is 12.8. The quantitative estimate of drug-likeness (QED) is 0.728. The van der Waals surface area contributed by atoms with E-state index >= 15 is 0 Å². The molecular formula is C18H22NSi2. The minimum Gasteiger partial charge on any atom is -0.415 e. The molecule has 1 nitrogen and oxygen atoms in total. The Kier molecular flexibility index (Phi) is 4.99. The zero-order chi connectivity index (χ0) is 15.3. The van der Waals surface area contributed by atoms with Gasteiger partial charge in [-0.05, 0) is 17.3 Å². The van der Waals surface area contributed by atoms with Crippen LogP contribution in [0.15, 0.2) is 85.2 Å². The predicted octanol–water partition coefficient (Wildman–Crippen LogP) is 4.05. The fourth-order valence-corrected chi connectivity index (χ4v) is 9.88. The van der Waals surface area contributed by atoms with E-state index in [2.05, 4.69) is 103 Å². The number of rotatable bonds is 6. The molecule has 0 spiro atoms. The van der Waals surface area contributed by atoms with Crippen molar-refractivity contribution < 1.29 is 0 Å². The van der Waals surface area contributed by atoms with Crippen molar-refractivity contribution in [3.63, 3.8) is 0 Å². The van der Waals surface area contributed by atoms with Crippen LogP contribution in [0.1, 0.15) is 0 Å². The highest BCUT2D eigenvalue weighted by atomic mass is 28.4. The molecule has 0 heterocycles. The first-order chi connectivity index (χ1) is 10.2. The van der Waals surface area contributed by atoms with Crippen LogP contribution in [0.25, 0.3) is 0 Å². The van der Waals surface area contributed by atoms with Gasteiger partial charge in [0.05, 0.1) is 0 Å². The van der Waals surface area contributed by atoms with E-state index in [1.165, 1.54) is 10.9 Å². The Hall–Kier alpha value is -1.85. The molecule has 1 radical (unpaired) electrons. The third-order valence-electron chi connectivity index (χ3n) is 3.69. The SMILES string of the molecule is C=C[Si](C=C)(c1ccccc1)N(c1ccccc1)[Si](C)C. The molecule has 0 aliphatic heterocycles. The number of benzene rings is 2. The van der Waals surface area contributed by atoms with Crippen molar-refractivity contribution in [3.05, 3.63) is 85.2 Å². The van der Waals surface area contributed by atoms with Gasteiger partial charge in [0.1, 0.15) is 0 Å². The van der Waals surface area contributed by atoms with Crippen molar-refractivity contribution >= 4 is 28.1 Å². The average Bonchev–Trinajstić information content (AvgIpc) is 2.54. The molecule has 0 saturated carbocycles. The molecule has 0 N–H and O–H groups in total. The maximum absolute atomic E-state index is 4.17. The Morgan fingerprint density at radius 1 is 0.857 bits per heavy atom. The number of hydrogen-bond donors (Lipinski definition) is 0. The Morgan fingerprint density at radius 3 is 1.76 bits per heavy atom. The summed E-state index contributed by atoms with van der Waals surface area (Å²) in [7, 11) is -2.85. The molecule has 0 saturated heterocycles. The van der Waals surface area contributed by atoms with Crippen molar-refractivity contribution in [3.8, 4) is 0 Å². The number of hydrogen-bond acceptors (Lipinski definition) is 1. The highest BCUT2D eigenvalue weighted by Gasteiger charge is 2.38. The van der Waals surface area contributed by atoms with Gasteiger partial charge in [-0.1, -0.05) is 73.0 Å². The second-order valence-electron chi connectivity index (χ2n) is 5.22. The van der Waals surface area contributed by atoms with Crippen LogP contribution in [-0.4, -0.2) is 17.2 Å². The second-order valence-corrected chi connectivity index (χ2v) is 11.5. The van der Waals surface area contributed by atoms with E-state index < -0.39 is 17.2 Å². The van der Waals surface area contributed by atoms with Gasteiger partial charge in [-0.3, -0.25) is 0 Å². The highest BCUT2D eigenvalue weighted by molar-refractivity contribution is 7.08. The smallest absolute Gasteiger partial charge is 0.229 e. The maximum atomic E-state index is 4.17. The van der Waals surface area contributed by atoms with Gasteiger partial charge < -0.3 is 4.23 Å². The molecule has 2 rings (SSSR count). The minimum absolute atomic E-state index is 0.700. The van der Waals surface area contributed by atoms with Gasteiger partial charge >= 0.3 is 0 Å². The van der Waals surface area contributed by atoms with Crippen LogP contribution < -0.4 is 9.42 Å². The standard InChI is InChI=1S/C18H22NSi2/c1-5-21(6-2,18-15-11-8-12-16-18)19(20(3)4)17-13-9-7-10-14-17/h5-16H,1-2H2,3-4H3. The van der Waals surface area contributed by atoms with Crippen molar-refractivity contribution in [2.75, 3.05) is 4.23 Å². The molecule has 21 heavy (non-hydrogen) atoms. The molecule has 0 bridgehead atoms. The summed E-state index contributed by atoms with van der Waals surface area (Å²) in [5.41, 5.74) is 5.55. The van der Waals surface area contributed by atoms with Gasteiger partial charge in [-0.25, -0.2) is 0 Å². The lowest BCUT2D eigenvalue weighted by Gasteiger charge is -2.43. The second kappa shape index (κ2) is 6.74. The van der Waals surface area contributed by atoms with Crippen LogP contribution in [0.5, 0.6) is 0 Å². The molecule has 2 aromatic carbocycles. The van der Waals surface area contributed by atoms with Crippen LogP contribution >= 0.6 is 0 Å². The fourth-order valence-electron chi connectivity index (χ4n) is 2.75. The lowest BCUT2D eigenvalue weighted by Crippen LogP contribution is -2.64. The topological polar surface area (TPSA) is 3.24 Å². The number of anilines is 1. The predicted molar refractivity (Wildman–Crippen MR) is 98.6 cm³/mol. The summed E-state index contributed by atoms with van der Waals surface area (Å²) in [6.45, 7) is 13.0. The normalized spacial score (nSPS) is 11.2. The third-order valence-corrected chi connectivity index (χ3v) is 10.8. The Labute approximate surface area is 131 Å². The molecule has 0 unspecified atom stereocenters. The van der Waals surface area contributed by atoms with E-state index in [0.29, 0.717) is 0 Å². The lowest BCUT2D eigenvalue weighted by molar-refractivity contribution is 1.45. The van der Waals surface area contributed by atoms with Gasteiger partial charge in [-0.15, -0.1) is 13.2 Å². The molecular weight excluding hydrogens is 286 g/mol. The Morgan fingerprint density at radius 2 is 1.33 bits per heavy atom. The first-order valence-electron chi connectivity index (χ1n) is 7.14. The lowest BCUT2D eigenvalue weighted by atomic mass is 10.3. The van der Waals surface area contributed by atoms with Crippen molar-refractivity contribution in [2.24, 2.45) is 0 Å². The van der Waals surface area contributed by atoms with Crippen molar-refractivity contribution in [2.45, 2.75) is 13.1 Å². The third kappa shape index (κ3) is 2.94. The van der Waals surface area contributed by atoms with E-state index in [-0.39, 0.29) is 0 Å². The van der Waals surface area contributed by atoms with Gasteiger partial charge in [0, 0.05) is 5.69 Å². The van der Waals surface area contributed by atoms with E-state index in [1.807, 2.05) is 0 Å². The molecule has 107 valence electrons. The molecule has 0 amide bonds. The summed E-state index contributed by atoms with van der Waals surface area (Å²) in [6, 6.07) is 21.3. The monoisotopic (exact) mass is 308 g/mol. The molecule has 2 aromatic rings. The largest absolute Gasteiger partial charge is 0.415 e. The summed E-state index contributed by atoms with van der Waals surface area (Å²) >= 11 is 0. The first kappa shape index (κ1) is 15.5. The molecule has 0 atom stereocenters. The number of para-hydroxylation sites is 1. The van der Waals surface area contributed by atoms with Crippen LogP contribution in [-0.2, 0) is 0 Å². The minimum atomic E-state index is -2.15. The molecule has 3 heteroatoms. The zero-order valence-corrected chi connectivity index (χ0v) is 14.8. The summed E-state index contributed by atoms with van der Waals surface area (Å²) in [5.74, 6) is 0. The van der Waals surface area contributed by atoms with E-state index in [9.17, 15) is 0 Å². The summed E-state index contributed by atoms with van der Waals surface area (Å²) in [5, 5.41) is 1.34. The van der Waals surface area contributed by atoms with Crippen molar-refractivity contribution in [1.82, 2.24) is 0 Å².